The predicted molar refractivity (Wildman–Crippen MR) is 202 cm³/mol. The number of hydrogen-bond acceptors (Lipinski definition) is 1. The highest BCUT2D eigenvalue weighted by atomic mass is 28.3. The van der Waals surface area contributed by atoms with Crippen molar-refractivity contribution in [3.05, 3.63) is 0 Å². The standard InChI is InChI=1S/C44H80OSi/c1-27-23-31(21-22-37(27)43(4,5)6)32-19-16-20-33-34(32)24-28(2)41(33)46(11,12)42-29(3)25-35-36(42)26-38(44(7,8)9)40(45-10)39(35)30-17-14-13-15-18-30/h27-42H,13-26H2,1-12H3/t27?,28?,29?,31?,32-,33?,34?,35?,36?,37+,38?,39-,40?,41?,42?/m1/s1. The van der Waals surface area contributed by atoms with Crippen LogP contribution in [0.5, 0.6) is 0 Å². The Balaban J connectivity index is 1.26. The zero-order valence-corrected chi connectivity index (χ0v) is 34.0. The highest BCUT2D eigenvalue weighted by Crippen LogP contribution is 2.68. The molecular weight excluding hydrogens is 573 g/mol. The minimum absolute atomic E-state index is 0.326. The molecule has 0 aromatic carbocycles. The highest BCUT2D eigenvalue weighted by molar-refractivity contribution is 6.80. The van der Waals surface area contributed by atoms with Crippen molar-refractivity contribution in [2.24, 2.45) is 87.8 Å². The van der Waals surface area contributed by atoms with Crippen molar-refractivity contribution in [3.63, 3.8) is 0 Å². The minimum Gasteiger partial charge on any atom is -0.381 e. The highest BCUT2D eigenvalue weighted by Gasteiger charge is 2.63. The number of methoxy groups -OCH3 is 1. The van der Waals surface area contributed by atoms with Gasteiger partial charge in [0.25, 0.3) is 0 Å². The number of ether oxygens (including phenoxy) is 1. The average Bonchev–Trinajstić information content (AvgIpc) is 3.51. The van der Waals surface area contributed by atoms with E-state index in [-0.39, 0.29) is 0 Å². The Labute approximate surface area is 289 Å². The van der Waals surface area contributed by atoms with Crippen LogP contribution in [0.3, 0.4) is 0 Å². The molecule has 6 aliphatic rings. The summed E-state index contributed by atoms with van der Waals surface area (Å²) in [6.07, 6.45) is 21.6. The van der Waals surface area contributed by atoms with Gasteiger partial charge in [-0.25, -0.2) is 0 Å². The Bertz CT molecular complexity index is 1010. The van der Waals surface area contributed by atoms with Crippen LogP contribution in [0.1, 0.15) is 152 Å². The number of hydrogen-bond donors (Lipinski definition) is 0. The fourth-order valence-corrected chi connectivity index (χ4v) is 22.7. The van der Waals surface area contributed by atoms with Crippen LogP contribution in [0.2, 0.25) is 24.2 Å². The van der Waals surface area contributed by atoms with Crippen molar-refractivity contribution in [2.45, 2.75) is 182 Å². The van der Waals surface area contributed by atoms with Gasteiger partial charge in [-0.2, -0.15) is 0 Å². The maximum absolute atomic E-state index is 6.66. The molecule has 0 spiro atoms. The van der Waals surface area contributed by atoms with Crippen molar-refractivity contribution in [1.29, 1.82) is 0 Å². The summed E-state index contributed by atoms with van der Waals surface area (Å²) < 4.78 is 6.66. The molecule has 2 heteroatoms. The zero-order chi connectivity index (χ0) is 33.3. The minimum atomic E-state index is -1.55. The first-order valence-corrected chi connectivity index (χ1v) is 24.2. The first-order chi connectivity index (χ1) is 21.6. The molecule has 6 saturated carbocycles. The summed E-state index contributed by atoms with van der Waals surface area (Å²) in [5.74, 6) is 12.1. The third-order valence-electron chi connectivity index (χ3n) is 17.2. The van der Waals surface area contributed by atoms with Crippen molar-refractivity contribution in [2.75, 3.05) is 7.11 Å². The molecule has 0 saturated heterocycles. The van der Waals surface area contributed by atoms with Gasteiger partial charge < -0.3 is 4.74 Å². The quantitative estimate of drug-likeness (QED) is 0.269. The van der Waals surface area contributed by atoms with E-state index in [4.69, 9.17) is 4.74 Å². The molecule has 0 aromatic heterocycles. The van der Waals surface area contributed by atoms with E-state index in [1.54, 1.807) is 19.3 Å². The van der Waals surface area contributed by atoms with Crippen molar-refractivity contribution < 1.29 is 4.74 Å². The normalized spacial score (nSPS) is 47.9. The lowest BCUT2D eigenvalue weighted by Gasteiger charge is -2.55. The summed E-state index contributed by atoms with van der Waals surface area (Å²) in [4.78, 5) is 0. The van der Waals surface area contributed by atoms with Crippen LogP contribution in [-0.4, -0.2) is 21.3 Å². The van der Waals surface area contributed by atoms with E-state index in [1.807, 2.05) is 0 Å². The van der Waals surface area contributed by atoms with Crippen molar-refractivity contribution in [1.82, 2.24) is 0 Å². The largest absolute Gasteiger partial charge is 0.381 e. The molecule has 266 valence electrons. The summed E-state index contributed by atoms with van der Waals surface area (Å²) in [5, 5.41) is 0. The molecule has 6 rings (SSSR count). The van der Waals surface area contributed by atoms with Crippen LogP contribution in [-0.2, 0) is 4.74 Å². The van der Waals surface area contributed by atoms with Gasteiger partial charge in [0.2, 0.25) is 0 Å². The molecule has 0 radical (unpaired) electrons. The van der Waals surface area contributed by atoms with Gasteiger partial charge >= 0.3 is 0 Å². The molecule has 0 aliphatic heterocycles. The van der Waals surface area contributed by atoms with Gasteiger partial charge in [0.15, 0.2) is 0 Å². The van der Waals surface area contributed by atoms with E-state index in [0.717, 1.165) is 82.1 Å². The lowest BCUT2D eigenvalue weighted by atomic mass is 9.56. The van der Waals surface area contributed by atoms with Gasteiger partial charge in [0, 0.05) is 7.11 Å². The van der Waals surface area contributed by atoms with Gasteiger partial charge in [-0.15, -0.1) is 0 Å². The van der Waals surface area contributed by atoms with Crippen LogP contribution < -0.4 is 0 Å². The molecule has 46 heavy (non-hydrogen) atoms. The Kier molecular flexibility index (Phi) is 10.5. The van der Waals surface area contributed by atoms with Crippen LogP contribution >= 0.6 is 0 Å². The summed E-state index contributed by atoms with van der Waals surface area (Å²) in [6, 6.07) is 0. The molecule has 6 fully saturated rings. The van der Waals surface area contributed by atoms with Gasteiger partial charge in [0.1, 0.15) is 0 Å². The lowest BCUT2D eigenvalue weighted by Crippen LogP contribution is -2.53. The van der Waals surface area contributed by atoms with E-state index in [0.29, 0.717) is 22.9 Å². The molecule has 15 atom stereocenters. The van der Waals surface area contributed by atoms with Crippen LogP contribution in [0.15, 0.2) is 0 Å². The van der Waals surface area contributed by atoms with Crippen LogP contribution in [0, 0.1) is 87.8 Å². The van der Waals surface area contributed by atoms with Gasteiger partial charge in [-0.05, 0) is 144 Å². The molecular formula is C44H80OSi. The maximum Gasteiger partial charge on any atom is 0.0638 e. The smallest absolute Gasteiger partial charge is 0.0638 e. The third kappa shape index (κ3) is 6.43. The molecule has 0 amide bonds. The summed E-state index contributed by atoms with van der Waals surface area (Å²) in [6.45, 7) is 29.3. The summed E-state index contributed by atoms with van der Waals surface area (Å²) >= 11 is 0. The lowest BCUT2D eigenvalue weighted by molar-refractivity contribution is -0.117. The summed E-state index contributed by atoms with van der Waals surface area (Å²) in [7, 11) is 0.539. The SMILES string of the molecule is COC1C(C(C)(C)C)CC2C(CC(C)C2[Si](C)(C)C2C(C)CC3C2CCC[C@@H]3C2CC[C@H](C(C)(C)C)C(C)C2)[C@H]1C1CCCCC1. The zero-order valence-electron chi connectivity index (χ0n) is 33.0. The summed E-state index contributed by atoms with van der Waals surface area (Å²) in [5.41, 5.74) is 2.87. The van der Waals surface area contributed by atoms with E-state index in [9.17, 15) is 0 Å². The molecule has 12 unspecified atom stereocenters. The Morgan fingerprint density at radius 1 is 0.500 bits per heavy atom. The van der Waals surface area contributed by atoms with Gasteiger partial charge in [0.05, 0.1) is 14.2 Å². The van der Waals surface area contributed by atoms with Gasteiger partial charge in [-0.3, -0.25) is 0 Å². The molecule has 1 nitrogen and oxygen atoms in total. The number of fused-ring (bicyclic) bond motifs is 2. The molecule has 0 N–H and O–H groups in total. The number of rotatable bonds is 5. The van der Waals surface area contributed by atoms with Gasteiger partial charge in [-0.1, -0.05) is 120 Å². The first kappa shape index (κ1) is 36.0. The van der Waals surface area contributed by atoms with Crippen LogP contribution in [0.25, 0.3) is 0 Å². The van der Waals surface area contributed by atoms with E-state index in [1.165, 1.54) is 70.6 Å². The predicted octanol–water partition coefficient (Wildman–Crippen LogP) is 13.2. The second kappa shape index (κ2) is 13.4. The van der Waals surface area contributed by atoms with E-state index < -0.39 is 8.07 Å². The Hall–Kier alpha value is 0.177. The third-order valence-corrected chi connectivity index (χ3v) is 22.6. The second-order valence-corrected chi connectivity index (χ2v) is 26.9. The molecule has 0 aromatic rings. The average molecular weight is 653 g/mol. The van der Waals surface area contributed by atoms with Crippen LogP contribution in [0.4, 0.5) is 0 Å². The fourth-order valence-electron chi connectivity index (χ4n) is 16.1. The second-order valence-electron chi connectivity index (χ2n) is 22.0. The van der Waals surface area contributed by atoms with E-state index >= 15 is 0 Å². The monoisotopic (exact) mass is 653 g/mol. The first-order valence-electron chi connectivity index (χ1n) is 21.1. The van der Waals surface area contributed by atoms with Crippen molar-refractivity contribution in [3.8, 4) is 0 Å². The van der Waals surface area contributed by atoms with E-state index in [2.05, 4.69) is 82.5 Å². The Morgan fingerprint density at radius 3 is 1.67 bits per heavy atom. The Morgan fingerprint density at radius 2 is 1.09 bits per heavy atom. The molecule has 0 bridgehead atoms. The maximum atomic E-state index is 6.66. The topological polar surface area (TPSA) is 9.23 Å². The van der Waals surface area contributed by atoms with Crippen molar-refractivity contribution >= 4 is 8.07 Å². The molecule has 0 heterocycles. The fraction of sp³-hybridized carbons (Fsp3) is 1.00. The molecule has 6 aliphatic carbocycles.